The molecule has 3 fully saturated rings. The van der Waals surface area contributed by atoms with Crippen molar-refractivity contribution < 1.29 is 9.90 Å². The molecule has 0 aromatic carbocycles. The first kappa shape index (κ1) is 21.4. The molecular formula is C24H38N4O2. The Labute approximate surface area is 181 Å². The third kappa shape index (κ3) is 4.43. The first-order chi connectivity index (χ1) is 14.5. The second kappa shape index (κ2) is 9.13. The van der Waals surface area contributed by atoms with Gasteiger partial charge in [-0.1, -0.05) is 19.3 Å². The van der Waals surface area contributed by atoms with Gasteiger partial charge in [0.25, 0.3) is 0 Å². The zero-order valence-corrected chi connectivity index (χ0v) is 18.7. The predicted octanol–water partition coefficient (Wildman–Crippen LogP) is 4.29. The van der Waals surface area contributed by atoms with Crippen LogP contribution in [-0.4, -0.2) is 59.2 Å². The van der Waals surface area contributed by atoms with Crippen LogP contribution >= 0.6 is 0 Å². The Balaban J connectivity index is 1.33. The summed E-state index contributed by atoms with van der Waals surface area (Å²) in [5, 5.41) is 13.2. The topological polar surface area (TPSA) is 68.7 Å². The van der Waals surface area contributed by atoms with E-state index in [1.54, 1.807) is 0 Å². The van der Waals surface area contributed by atoms with E-state index >= 15 is 0 Å². The van der Waals surface area contributed by atoms with Crippen LogP contribution in [0.25, 0.3) is 0 Å². The first-order valence-corrected chi connectivity index (χ1v) is 11.9. The standard InChI is InChI=1S/C24H38N4O2/c1-18-7-6-15-28(18)20-10-16-27(17-20)22-9-8-21(19(2)26-22)25-14-13-24(23(29)30)11-4-3-5-12-24/h8-9,18,20,25H,3-7,10-17H2,1-2H3,(H,29,30)/t18-,20+/m0/s1. The number of aryl methyl sites for hydroxylation is 1. The van der Waals surface area contributed by atoms with Gasteiger partial charge in [-0.2, -0.15) is 0 Å². The number of likely N-dealkylation sites (tertiary alicyclic amines) is 1. The number of carboxylic acid groups (broad SMARTS) is 1. The highest BCUT2D eigenvalue weighted by Crippen LogP contribution is 2.39. The molecule has 0 spiro atoms. The lowest BCUT2D eigenvalue weighted by Gasteiger charge is -2.33. The first-order valence-electron chi connectivity index (χ1n) is 11.9. The Morgan fingerprint density at radius 2 is 2.00 bits per heavy atom. The minimum atomic E-state index is -0.620. The number of anilines is 2. The van der Waals surface area contributed by atoms with Gasteiger partial charge in [0, 0.05) is 31.7 Å². The van der Waals surface area contributed by atoms with Crippen molar-refractivity contribution in [1.29, 1.82) is 0 Å². The number of nitrogens with one attached hydrogen (secondary N) is 1. The van der Waals surface area contributed by atoms with Gasteiger partial charge in [-0.3, -0.25) is 9.69 Å². The number of carboxylic acids is 1. The summed E-state index contributed by atoms with van der Waals surface area (Å²) in [5.74, 6) is 0.451. The van der Waals surface area contributed by atoms with E-state index in [4.69, 9.17) is 4.98 Å². The summed E-state index contributed by atoms with van der Waals surface area (Å²) in [6.07, 6.45) is 9.44. The Bertz CT molecular complexity index is 747. The summed E-state index contributed by atoms with van der Waals surface area (Å²) in [6, 6.07) is 5.62. The van der Waals surface area contributed by atoms with Gasteiger partial charge in [0.1, 0.15) is 5.82 Å². The zero-order chi connectivity index (χ0) is 21.1. The molecule has 3 aliphatic rings. The number of nitrogens with zero attached hydrogens (tertiary/aromatic N) is 3. The molecule has 30 heavy (non-hydrogen) atoms. The highest BCUT2D eigenvalue weighted by Gasteiger charge is 2.39. The Morgan fingerprint density at radius 1 is 1.20 bits per heavy atom. The van der Waals surface area contributed by atoms with Crippen LogP contribution in [0.1, 0.15) is 70.4 Å². The second-order valence-corrected chi connectivity index (χ2v) is 9.74. The van der Waals surface area contributed by atoms with Gasteiger partial charge in [0.05, 0.1) is 16.8 Å². The lowest BCUT2D eigenvalue weighted by atomic mass is 9.72. The fourth-order valence-electron chi connectivity index (χ4n) is 5.87. The minimum Gasteiger partial charge on any atom is -0.481 e. The molecule has 6 heteroatoms. The molecule has 166 valence electrons. The Hall–Kier alpha value is -1.82. The number of hydrogen-bond donors (Lipinski definition) is 2. The van der Waals surface area contributed by atoms with E-state index in [0.29, 0.717) is 19.0 Å². The quantitative estimate of drug-likeness (QED) is 0.694. The molecular weight excluding hydrogens is 376 g/mol. The fraction of sp³-hybridized carbons (Fsp3) is 0.750. The largest absolute Gasteiger partial charge is 0.481 e. The normalized spacial score (nSPS) is 26.8. The van der Waals surface area contributed by atoms with E-state index in [1.807, 2.05) is 0 Å². The second-order valence-electron chi connectivity index (χ2n) is 9.74. The average Bonchev–Trinajstić information content (AvgIpc) is 3.38. The van der Waals surface area contributed by atoms with Crippen molar-refractivity contribution in [1.82, 2.24) is 9.88 Å². The zero-order valence-electron chi connectivity index (χ0n) is 18.7. The Morgan fingerprint density at radius 3 is 2.67 bits per heavy atom. The minimum absolute atomic E-state index is 0.538. The van der Waals surface area contributed by atoms with Gasteiger partial charge in [-0.25, -0.2) is 4.98 Å². The van der Waals surface area contributed by atoms with Crippen LogP contribution in [0.2, 0.25) is 0 Å². The van der Waals surface area contributed by atoms with Crippen LogP contribution in [0.4, 0.5) is 11.5 Å². The lowest BCUT2D eigenvalue weighted by Crippen LogP contribution is -2.39. The molecule has 6 nitrogen and oxygen atoms in total. The maximum atomic E-state index is 11.9. The van der Waals surface area contributed by atoms with Crippen molar-refractivity contribution in [3.05, 3.63) is 17.8 Å². The molecule has 1 aliphatic carbocycles. The van der Waals surface area contributed by atoms with Crippen molar-refractivity contribution in [3.63, 3.8) is 0 Å². The molecule has 2 N–H and O–H groups in total. The summed E-state index contributed by atoms with van der Waals surface area (Å²) in [6.45, 7) is 8.49. The van der Waals surface area contributed by atoms with Crippen molar-refractivity contribution in [2.75, 3.05) is 36.4 Å². The summed E-state index contributed by atoms with van der Waals surface area (Å²) < 4.78 is 0. The molecule has 3 heterocycles. The molecule has 0 amide bonds. The molecule has 1 aromatic rings. The molecule has 1 aromatic heterocycles. The SMILES string of the molecule is Cc1nc(N2CC[C@@H](N3CCC[C@@H]3C)C2)ccc1NCCC1(C(=O)O)CCCCC1. The average molecular weight is 415 g/mol. The van der Waals surface area contributed by atoms with Crippen LogP contribution < -0.4 is 10.2 Å². The summed E-state index contributed by atoms with van der Waals surface area (Å²) in [7, 11) is 0. The van der Waals surface area contributed by atoms with E-state index in [1.165, 1.54) is 32.2 Å². The van der Waals surface area contributed by atoms with E-state index in [2.05, 4.69) is 41.1 Å². The predicted molar refractivity (Wildman–Crippen MR) is 121 cm³/mol. The van der Waals surface area contributed by atoms with Gasteiger partial charge in [-0.15, -0.1) is 0 Å². The van der Waals surface area contributed by atoms with E-state index in [0.717, 1.165) is 62.0 Å². The number of carbonyl (C=O) groups is 1. The van der Waals surface area contributed by atoms with Crippen LogP contribution in [-0.2, 0) is 4.79 Å². The van der Waals surface area contributed by atoms with E-state index in [-0.39, 0.29) is 0 Å². The van der Waals surface area contributed by atoms with Crippen LogP contribution in [0.3, 0.4) is 0 Å². The fourth-order valence-corrected chi connectivity index (χ4v) is 5.87. The number of pyridine rings is 1. The van der Waals surface area contributed by atoms with Gasteiger partial charge >= 0.3 is 5.97 Å². The van der Waals surface area contributed by atoms with Gasteiger partial charge in [0.15, 0.2) is 0 Å². The third-order valence-electron chi connectivity index (χ3n) is 7.82. The summed E-state index contributed by atoms with van der Waals surface area (Å²) in [4.78, 5) is 21.9. The molecule has 2 atom stereocenters. The maximum Gasteiger partial charge on any atom is 0.309 e. The molecule has 0 unspecified atom stereocenters. The Kier molecular flexibility index (Phi) is 6.51. The maximum absolute atomic E-state index is 11.9. The summed E-state index contributed by atoms with van der Waals surface area (Å²) in [5.41, 5.74) is 1.49. The van der Waals surface area contributed by atoms with Crippen LogP contribution in [0.15, 0.2) is 12.1 Å². The van der Waals surface area contributed by atoms with E-state index < -0.39 is 11.4 Å². The smallest absolute Gasteiger partial charge is 0.309 e. The van der Waals surface area contributed by atoms with Crippen molar-refractivity contribution in [2.24, 2.45) is 5.41 Å². The lowest BCUT2D eigenvalue weighted by molar-refractivity contribution is -0.151. The van der Waals surface area contributed by atoms with Crippen molar-refractivity contribution >= 4 is 17.5 Å². The highest BCUT2D eigenvalue weighted by molar-refractivity contribution is 5.74. The number of aliphatic carboxylic acids is 1. The third-order valence-corrected chi connectivity index (χ3v) is 7.82. The molecule has 1 saturated carbocycles. The highest BCUT2D eigenvalue weighted by atomic mass is 16.4. The monoisotopic (exact) mass is 414 g/mol. The van der Waals surface area contributed by atoms with Crippen molar-refractivity contribution in [2.45, 2.75) is 83.7 Å². The molecule has 2 saturated heterocycles. The molecule has 0 bridgehead atoms. The van der Waals surface area contributed by atoms with Crippen LogP contribution in [0, 0.1) is 12.3 Å². The van der Waals surface area contributed by atoms with Crippen molar-refractivity contribution in [3.8, 4) is 0 Å². The molecule has 2 aliphatic heterocycles. The van der Waals surface area contributed by atoms with E-state index in [9.17, 15) is 9.90 Å². The number of rotatable bonds is 7. The number of aromatic nitrogens is 1. The van der Waals surface area contributed by atoms with Crippen LogP contribution in [0.5, 0.6) is 0 Å². The number of hydrogen-bond acceptors (Lipinski definition) is 5. The molecule has 4 rings (SSSR count). The molecule has 0 radical (unpaired) electrons. The summed E-state index contributed by atoms with van der Waals surface area (Å²) >= 11 is 0. The van der Waals surface area contributed by atoms with Gasteiger partial charge < -0.3 is 15.3 Å². The van der Waals surface area contributed by atoms with Gasteiger partial charge in [-0.05, 0) is 71.0 Å². The van der Waals surface area contributed by atoms with Gasteiger partial charge in [0.2, 0.25) is 0 Å².